The van der Waals surface area contributed by atoms with Gasteiger partial charge in [-0.3, -0.25) is 0 Å². The van der Waals surface area contributed by atoms with Gasteiger partial charge in [0, 0.05) is 24.1 Å². The van der Waals surface area contributed by atoms with Gasteiger partial charge in [0.05, 0.1) is 12.4 Å². The Bertz CT molecular complexity index is 594. The smallest absolute Gasteiger partial charge is 0.0991 e. The van der Waals surface area contributed by atoms with E-state index in [1.807, 2.05) is 17.1 Å². The summed E-state index contributed by atoms with van der Waals surface area (Å²) < 4.78 is 2.01. The van der Waals surface area contributed by atoms with Gasteiger partial charge in [-0.05, 0) is 62.8 Å². The summed E-state index contributed by atoms with van der Waals surface area (Å²) in [5.74, 6) is 0.519. The van der Waals surface area contributed by atoms with E-state index in [2.05, 4.69) is 41.5 Å². The first-order valence-corrected chi connectivity index (χ1v) is 9.24. The van der Waals surface area contributed by atoms with Crippen LogP contribution in [0.3, 0.4) is 0 Å². The van der Waals surface area contributed by atoms with Crippen LogP contribution >= 0.6 is 0 Å². The molecule has 0 saturated heterocycles. The molecule has 3 unspecified atom stereocenters. The third-order valence-electron chi connectivity index (χ3n) is 5.27. The fourth-order valence-electron chi connectivity index (χ4n) is 3.67. The van der Waals surface area contributed by atoms with Crippen LogP contribution in [0.5, 0.6) is 0 Å². The van der Waals surface area contributed by atoms with E-state index in [1.165, 1.54) is 24.8 Å². The SMILES string of the molecule is CC(NCCCC1CCCCC1O)c1ccc(-n2ccnc2)cc1. The van der Waals surface area contributed by atoms with Crippen molar-refractivity contribution in [1.82, 2.24) is 14.9 Å². The highest BCUT2D eigenvalue weighted by Crippen LogP contribution is 2.27. The summed E-state index contributed by atoms with van der Waals surface area (Å²) in [5, 5.41) is 13.6. The predicted octanol–water partition coefficient (Wildman–Crippen LogP) is 3.85. The van der Waals surface area contributed by atoms with Crippen molar-refractivity contribution in [2.24, 2.45) is 5.92 Å². The highest BCUT2D eigenvalue weighted by atomic mass is 16.3. The molecule has 4 heteroatoms. The lowest BCUT2D eigenvalue weighted by Gasteiger charge is -2.27. The molecule has 2 N–H and O–H groups in total. The van der Waals surface area contributed by atoms with Gasteiger partial charge < -0.3 is 15.0 Å². The van der Waals surface area contributed by atoms with Gasteiger partial charge in [-0.2, -0.15) is 0 Å². The highest BCUT2D eigenvalue weighted by Gasteiger charge is 2.22. The van der Waals surface area contributed by atoms with Crippen molar-refractivity contribution in [2.45, 2.75) is 57.6 Å². The Morgan fingerprint density at radius 1 is 1.25 bits per heavy atom. The van der Waals surface area contributed by atoms with Crippen LogP contribution in [0.15, 0.2) is 43.0 Å². The lowest BCUT2D eigenvalue weighted by atomic mass is 9.83. The summed E-state index contributed by atoms with van der Waals surface area (Å²) in [6.07, 6.45) is 12.5. The second-order valence-electron chi connectivity index (χ2n) is 6.99. The molecule has 1 saturated carbocycles. The minimum Gasteiger partial charge on any atom is -0.393 e. The van der Waals surface area contributed by atoms with Crippen LogP contribution in [0, 0.1) is 5.92 Å². The molecule has 1 heterocycles. The third-order valence-corrected chi connectivity index (χ3v) is 5.27. The number of nitrogens with zero attached hydrogens (tertiary/aromatic N) is 2. The van der Waals surface area contributed by atoms with Crippen LogP contribution in [0.25, 0.3) is 5.69 Å². The second-order valence-corrected chi connectivity index (χ2v) is 6.99. The minimum atomic E-state index is -0.0631. The zero-order chi connectivity index (χ0) is 16.8. The summed E-state index contributed by atoms with van der Waals surface area (Å²) in [5.41, 5.74) is 2.44. The Balaban J connectivity index is 1.42. The zero-order valence-corrected chi connectivity index (χ0v) is 14.6. The quantitative estimate of drug-likeness (QED) is 0.759. The molecule has 130 valence electrons. The van der Waals surface area contributed by atoms with E-state index in [4.69, 9.17) is 0 Å². The summed E-state index contributed by atoms with van der Waals surface area (Å²) >= 11 is 0. The molecule has 1 aromatic carbocycles. The van der Waals surface area contributed by atoms with Crippen molar-refractivity contribution in [3.05, 3.63) is 48.5 Å². The fraction of sp³-hybridized carbons (Fsp3) is 0.550. The monoisotopic (exact) mass is 327 g/mol. The molecule has 2 aromatic rings. The first kappa shape index (κ1) is 17.2. The van der Waals surface area contributed by atoms with E-state index in [9.17, 15) is 5.11 Å². The molecule has 0 amide bonds. The van der Waals surface area contributed by atoms with Crippen molar-refractivity contribution < 1.29 is 5.11 Å². The molecule has 0 aliphatic heterocycles. The van der Waals surface area contributed by atoms with Crippen molar-refractivity contribution in [1.29, 1.82) is 0 Å². The van der Waals surface area contributed by atoms with Gasteiger partial charge in [-0.15, -0.1) is 0 Å². The molecule has 3 rings (SSSR count). The van der Waals surface area contributed by atoms with Gasteiger partial charge in [0.1, 0.15) is 0 Å². The molecular weight excluding hydrogens is 298 g/mol. The van der Waals surface area contributed by atoms with Gasteiger partial charge in [0.2, 0.25) is 0 Å². The molecule has 1 aliphatic rings. The van der Waals surface area contributed by atoms with Crippen LogP contribution in [0.2, 0.25) is 0 Å². The average Bonchev–Trinajstić information content (AvgIpc) is 3.15. The van der Waals surface area contributed by atoms with E-state index in [1.54, 1.807) is 6.20 Å². The van der Waals surface area contributed by atoms with Crippen molar-refractivity contribution in [2.75, 3.05) is 6.54 Å². The van der Waals surface area contributed by atoms with Crippen LogP contribution in [0.4, 0.5) is 0 Å². The standard InChI is InChI=1S/C20H29N3O/c1-16(22-12-4-6-18-5-2-3-7-20(18)24)17-8-10-19(11-9-17)23-14-13-21-15-23/h8-11,13-16,18,20,22,24H,2-7,12H2,1H3. The number of aliphatic hydroxyl groups is 1. The number of aliphatic hydroxyl groups excluding tert-OH is 1. The minimum absolute atomic E-state index is 0.0631. The number of aromatic nitrogens is 2. The van der Waals surface area contributed by atoms with Gasteiger partial charge in [0.15, 0.2) is 0 Å². The molecule has 4 nitrogen and oxygen atoms in total. The summed E-state index contributed by atoms with van der Waals surface area (Å²) in [4.78, 5) is 4.08. The first-order valence-electron chi connectivity index (χ1n) is 9.24. The number of imidazole rings is 1. The molecule has 1 aliphatic carbocycles. The van der Waals surface area contributed by atoms with Crippen molar-refractivity contribution >= 4 is 0 Å². The molecule has 1 fully saturated rings. The first-order chi connectivity index (χ1) is 11.7. The van der Waals surface area contributed by atoms with E-state index >= 15 is 0 Å². The molecule has 0 bridgehead atoms. The topological polar surface area (TPSA) is 50.1 Å². The number of hydrogen-bond acceptors (Lipinski definition) is 3. The van der Waals surface area contributed by atoms with Gasteiger partial charge >= 0.3 is 0 Å². The number of nitrogens with one attached hydrogen (secondary N) is 1. The zero-order valence-electron chi connectivity index (χ0n) is 14.6. The van der Waals surface area contributed by atoms with Crippen LogP contribution in [-0.4, -0.2) is 27.3 Å². The van der Waals surface area contributed by atoms with Crippen molar-refractivity contribution in [3.63, 3.8) is 0 Å². The van der Waals surface area contributed by atoms with Crippen LogP contribution in [-0.2, 0) is 0 Å². The maximum atomic E-state index is 10.0. The molecule has 0 spiro atoms. The van der Waals surface area contributed by atoms with E-state index in [-0.39, 0.29) is 6.10 Å². The summed E-state index contributed by atoms with van der Waals surface area (Å²) in [7, 11) is 0. The molecule has 3 atom stereocenters. The number of benzene rings is 1. The Morgan fingerprint density at radius 2 is 2.04 bits per heavy atom. The Hall–Kier alpha value is -1.65. The third kappa shape index (κ3) is 4.46. The summed E-state index contributed by atoms with van der Waals surface area (Å²) in [6, 6.07) is 8.97. The Morgan fingerprint density at radius 3 is 2.75 bits per heavy atom. The largest absolute Gasteiger partial charge is 0.393 e. The van der Waals surface area contributed by atoms with E-state index < -0.39 is 0 Å². The number of hydrogen-bond donors (Lipinski definition) is 2. The molecule has 24 heavy (non-hydrogen) atoms. The number of rotatable bonds is 7. The van der Waals surface area contributed by atoms with Gasteiger partial charge in [-0.1, -0.05) is 25.0 Å². The van der Waals surface area contributed by atoms with Crippen LogP contribution in [0.1, 0.15) is 57.1 Å². The second kappa shape index (κ2) is 8.45. The highest BCUT2D eigenvalue weighted by molar-refractivity contribution is 5.35. The van der Waals surface area contributed by atoms with Crippen LogP contribution < -0.4 is 5.32 Å². The summed E-state index contributed by atoms with van der Waals surface area (Å²) in [6.45, 7) is 3.22. The Kier molecular flexibility index (Phi) is 6.05. The van der Waals surface area contributed by atoms with E-state index in [0.717, 1.165) is 31.5 Å². The lowest BCUT2D eigenvalue weighted by molar-refractivity contribution is 0.0642. The predicted molar refractivity (Wildman–Crippen MR) is 97.2 cm³/mol. The lowest BCUT2D eigenvalue weighted by Crippen LogP contribution is -2.26. The Labute approximate surface area is 144 Å². The molecule has 0 radical (unpaired) electrons. The van der Waals surface area contributed by atoms with E-state index in [0.29, 0.717) is 12.0 Å². The normalized spacial score (nSPS) is 22.4. The molecular formula is C20H29N3O. The van der Waals surface area contributed by atoms with Crippen molar-refractivity contribution in [3.8, 4) is 5.69 Å². The van der Waals surface area contributed by atoms with Gasteiger partial charge in [-0.25, -0.2) is 4.98 Å². The molecule has 1 aromatic heterocycles. The maximum Gasteiger partial charge on any atom is 0.0991 e. The van der Waals surface area contributed by atoms with Gasteiger partial charge in [0.25, 0.3) is 0 Å². The maximum absolute atomic E-state index is 10.0. The average molecular weight is 327 g/mol. The fourth-order valence-corrected chi connectivity index (χ4v) is 3.67.